The number of likely N-dealkylation sites (tertiary alicyclic amines) is 1. The van der Waals surface area contributed by atoms with E-state index in [4.69, 9.17) is 4.52 Å². The van der Waals surface area contributed by atoms with Gasteiger partial charge < -0.3 is 9.63 Å². The number of hydrogen-bond acceptors (Lipinski definition) is 5. The van der Waals surface area contributed by atoms with Gasteiger partial charge in [-0.1, -0.05) is 17.6 Å². The van der Waals surface area contributed by atoms with Crippen LogP contribution < -0.4 is 0 Å². The summed E-state index contributed by atoms with van der Waals surface area (Å²) in [5, 5.41) is 15.7. The van der Waals surface area contributed by atoms with E-state index in [0.717, 1.165) is 29.3 Å². The molecule has 0 radical (unpaired) electrons. The van der Waals surface area contributed by atoms with Crippen LogP contribution in [0.5, 0.6) is 0 Å². The Balaban J connectivity index is 1.73. The first-order valence-electron chi connectivity index (χ1n) is 7.14. The summed E-state index contributed by atoms with van der Waals surface area (Å²) in [6.45, 7) is 3.20. The lowest BCUT2D eigenvalue weighted by molar-refractivity contribution is 0.0434. The Morgan fingerprint density at radius 2 is 2.40 bits per heavy atom. The SMILES string of the molecule is CC1CCCC(CO)N1Cc1cc(-c2cccs2)on1. The highest BCUT2D eigenvalue weighted by atomic mass is 32.1. The van der Waals surface area contributed by atoms with Crippen molar-refractivity contribution >= 4 is 11.3 Å². The predicted molar refractivity (Wildman–Crippen MR) is 79.5 cm³/mol. The molecule has 108 valence electrons. The average molecular weight is 292 g/mol. The smallest absolute Gasteiger partial charge is 0.177 e. The molecule has 4 nitrogen and oxygen atoms in total. The van der Waals surface area contributed by atoms with E-state index in [0.29, 0.717) is 6.04 Å². The molecule has 0 aromatic carbocycles. The summed E-state index contributed by atoms with van der Waals surface area (Å²) < 4.78 is 5.43. The van der Waals surface area contributed by atoms with Crippen molar-refractivity contribution in [1.82, 2.24) is 10.1 Å². The third-order valence-corrected chi connectivity index (χ3v) is 4.96. The molecule has 3 heterocycles. The Labute approximate surface area is 123 Å². The number of aromatic nitrogens is 1. The number of rotatable bonds is 4. The van der Waals surface area contributed by atoms with Crippen molar-refractivity contribution in [2.45, 2.75) is 44.8 Å². The molecule has 1 aliphatic heterocycles. The maximum absolute atomic E-state index is 9.53. The molecule has 1 fully saturated rings. The monoisotopic (exact) mass is 292 g/mol. The van der Waals surface area contributed by atoms with Crippen LogP contribution in [0.3, 0.4) is 0 Å². The maximum atomic E-state index is 9.53. The number of aliphatic hydroxyl groups excluding tert-OH is 1. The minimum Gasteiger partial charge on any atom is -0.395 e. The van der Waals surface area contributed by atoms with Crippen LogP contribution in [0.15, 0.2) is 28.1 Å². The number of piperidine rings is 1. The molecule has 1 aliphatic rings. The van der Waals surface area contributed by atoms with Gasteiger partial charge in [0.2, 0.25) is 0 Å². The summed E-state index contributed by atoms with van der Waals surface area (Å²) in [6.07, 6.45) is 3.45. The molecule has 5 heteroatoms. The lowest BCUT2D eigenvalue weighted by Gasteiger charge is -2.39. The van der Waals surface area contributed by atoms with Gasteiger partial charge in [-0.2, -0.15) is 0 Å². The van der Waals surface area contributed by atoms with Gasteiger partial charge in [-0.3, -0.25) is 4.90 Å². The van der Waals surface area contributed by atoms with E-state index < -0.39 is 0 Å². The molecule has 0 spiro atoms. The van der Waals surface area contributed by atoms with E-state index in [1.807, 2.05) is 23.6 Å². The number of hydrogen-bond donors (Lipinski definition) is 1. The fourth-order valence-corrected chi connectivity index (χ4v) is 3.60. The molecule has 0 bridgehead atoms. The highest BCUT2D eigenvalue weighted by molar-refractivity contribution is 7.13. The van der Waals surface area contributed by atoms with Crippen LogP contribution >= 0.6 is 11.3 Å². The maximum Gasteiger partial charge on any atom is 0.177 e. The third kappa shape index (κ3) is 2.80. The van der Waals surface area contributed by atoms with Crippen LogP contribution in [-0.2, 0) is 6.54 Å². The van der Waals surface area contributed by atoms with Crippen LogP contribution in [0.2, 0.25) is 0 Å². The fourth-order valence-electron chi connectivity index (χ4n) is 2.93. The number of nitrogens with zero attached hydrogens (tertiary/aromatic N) is 2. The van der Waals surface area contributed by atoms with Gasteiger partial charge >= 0.3 is 0 Å². The van der Waals surface area contributed by atoms with Crippen molar-refractivity contribution in [2.75, 3.05) is 6.61 Å². The molecule has 3 rings (SSSR count). The summed E-state index contributed by atoms with van der Waals surface area (Å²) >= 11 is 1.65. The van der Waals surface area contributed by atoms with Gasteiger partial charge in [-0.25, -0.2) is 0 Å². The molecule has 1 N–H and O–H groups in total. The molecule has 0 saturated carbocycles. The zero-order valence-electron chi connectivity index (χ0n) is 11.7. The van der Waals surface area contributed by atoms with E-state index in [2.05, 4.69) is 17.0 Å². The molecule has 20 heavy (non-hydrogen) atoms. The first-order chi connectivity index (χ1) is 9.78. The second kappa shape index (κ2) is 6.08. The van der Waals surface area contributed by atoms with Crippen LogP contribution in [0.25, 0.3) is 10.6 Å². The van der Waals surface area contributed by atoms with Crippen molar-refractivity contribution in [3.8, 4) is 10.6 Å². The molecule has 0 amide bonds. The van der Waals surface area contributed by atoms with Gasteiger partial charge in [-0.15, -0.1) is 11.3 Å². The molecule has 2 unspecified atom stereocenters. The normalized spacial score (nSPS) is 24.1. The topological polar surface area (TPSA) is 49.5 Å². The Morgan fingerprint density at radius 3 is 3.15 bits per heavy atom. The second-order valence-corrected chi connectivity index (χ2v) is 6.40. The molecule has 0 aliphatic carbocycles. The van der Waals surface area contributed by atoms with Gasteiger partial charge in [0.15, 0.2) is 5.76 Å². The summed E-state index contributed by atoms with van der Waals surface area (Å²) in [7, 11) is 0. The second-order valence-electron chi connectivity index (χ2n) is 5.45. The van der Waals surface area contributed by atoms with Gasteiger partial charge in [-0.05, 0) is 31.2 Å². The van der Waals surface area contributed by atoms with E-state index in [9.17, 15) is 5.11 Å². The Bertz CT molecular complexity index is 538. The number of aliphatic hydroxyl groups is 1. The van der Waals surface area contributed by atoms with E-state index >= 15 is 0 Å². The molecular formula is C15H20N2O2S. The average Bonchev–Trinajstić information content (AvgIpc) is 3.11. The van der Waals surface area contributed by atoms with Crippen molar-refractivity contribution in [2.24, 2.45) is 0 Å². The summed E-state index contributed by atoms with van der Waals surface area (Å²) in [5.74, 6) is 0.834. The molecule has 2 atom stereocenters. The highest BCUT2D eigenvalue weighted by Crippen LogP contribution is 2.28. The lowest BCUT2D eigenvalue weighted by Crippen LogP contribution is -2.46. The van der Waals surface area contributed by atoms with E-state index in [-0.39, 0.29) is 12.6 Å². The molecule has 1 saturated heterocycles. The zero-order chi connectivity index (χ0) is 13.9. The predicted octanol–water partition coefficient (Wildman–Crippen LogP) is 3.14. The molecular weight excluding hydrogens is 272 g/mol. The van der Waals surface area contributed by atoms with Gasteiger partial charge in [0.05, 0.1) is 17.2 Å². The van der Waals surface area contributed by atoms with Crippen LogP contribution in [0.1, 0.15) is 31.9 Å². The quantitative estimate of drug-likeness (QED) is 0.940. The first kappa shape index (κ1) is 13.8. The Kier molecular flexibility index (Phi) is 4.19. The van der Waals surface area contributed by atoms with E-state index in [1.165, 1.54) is 12.8 Å². The van der Waals surface area contributed by atoms with Gasteiger partial charge in [0, 0.05) is 24.7 Å². The van der Waals surface area contributed by atoms with Crippen LogP contribution in [-0.4, -0.2) is 33.9 Å². The zero-order valence-corrected chi connectivity index (χ0v) is 12.5. The van der Waals surface area contributed by atoms with Crippen LogP contribution in [0, 0.1) is 0 Å². The fraction of sp³-hybridized carbons (Fsp3) is 0.533. The summed E-state index contributed by atoms with van der Waals surface area (Å²) in [4.78, 5) is 3.45. The minimum absolute atomic E-state index is 0.222. The largest absolute Gasteiger partial charge is 0.395 e. The van der Waals surface area contributed by atoms with E-state index in [1.54, 1.807) is 11.3 Å². The summed E-state index contributed by atoms with van der Waals surface area (Å²) in [5.41, 5.74) is 0.945. The lowest BCUT2D eigenvalue weighted by atomic mass is 9.96. The van der Waals surface area contributed by atoms with Gasteiger partial charge in [0.25, 0.3) is 0 Å². The number of thiophene rings is 1. The Morgan fingerprint density at radius 1 is 1.50 bits per heavy atom. The molecule has 2 aromatic heterocycles. The van der Waals surface area contributed by atoms with Crippen molar-refractivity contribution < 1.29 is 9.63 Å². The summed E-state index contributed by atoms with van der Waals surface area (Å²) in [6, 6.07) is 6.80. The van der Waals surface area contributed by atoms with Gasteiger partial charge in [0.1, 0.15) is 0 Å². The van der Waals surface area contributed by atoms with Crippen molar-refractivity contribution in [1.29, 1.82) is 0 Å². The van der Waals surface area contributed by atoms with Crippen molar-refractivity contribution in [3.05, 3.63) is 29.3 Å². The van der Waals surface area contributed by atoms with Crippen LogP contribution in [0.4, 0.5) is 0 Å². The molecule has 2 aromatic rings. The van der Waals surface area contributed by atoms with Crippen molar-refractivity contribution in [3.63, 3.8) is 0 Å². The Hall–Kier alpha value is -1.17. The minimum atomic E-state index is 0.222. The highest BCUT2D eigenvalue weighted by Gasteiger charge is 2.28. The third-order valence-electron chi connectivity index (χ3n) is 4.07. The first-order valence-corrected chi connectivity index (χ1v) is 8.02. The standard InChI is InChI=1S/C15H20N2O2S/c1-11-4-2-5-13(10-18)17(11)9-12-8-14(19-16-12)15-6-3-7-20-15/h3,6-8,11,13,18H,2,4-5,9-10H2,1H3.